The Bertz CT molecular complexity index is 699. The van der Waals surface area contributed by atoms with Crippen LogP contribution in [-0.2, 0) is 9.47 Å². The van der Waals surface area contributed by atoms with Gasteiger partial charge in [-0.2, -0.15) is 0 Å². The maximum Gasteiger partial charge on any atom is 0.230 e. The topological polar surface area (TPSA) is 36.9 Å². The van der Waals surface area contributed by atoms with Crippen LogP contribution in [-0.4, -0.2) is 26.3 Å². The average Bonchev–Trinajstić information content (AvgIpc) is 2.71. The first-order valence-corrected chi connectivity index (χ1v) is 9.99. The molecule has 1 unspecified atom stereocenters. The molecule has 1 atom stereocenters. The maximum absolute atomic E-state index is 5.59. The van der Waals surface area contributed by atoms with E-state index in [1.54, 1.807) is 0 Å². The summed E-state index contributed by atoms with van der Waals surface area (Å²) in [6, 6.07) is 5.78. The van der Waals surface area contributed by atoms with Gasteiger partial charge in [0.25, 0.3) is 0 Å². The highest BCUT2D eigenvalue weighted by molar-refractivity contribution is 5.50. The molecule has 4 heteroatoms. The fourth-order valence-electron chi connectivity index (χ4n) is 3.03. The molecule has 0 aliphatic carbocycles. The Balaban J connectivity index is 1.19. The Hall–Kier alpha value is -2.14. The third-order valence-corrected chi connectivity index (χ3v) is 4.57. The minimum absolute atomic E-state index is 0.0362. The Morgan fingerprint density at radius 1 is 0.963 bits per heavy atom. The molecular formula is C23H28O4. The molecule has 3 rings (SSSR count). The highest BCUT2D eigenvalue weighted by atomic mass is 16.7. The van der Waals surface area contributed by atoms with Crippen LogP contribution >= 0.6 is 0 Å². The van der Waals surface area contributed by atoms with E-state index < -0.39 is 0 Å². The summed E-state index contributed by atoms with van der Waals surface area (Å²) < 4.78 is 21.8. The SMILES string of the molecule is C(#CCOC1CCCCO1)CCCCCCC#Cc1ccc2cc1OCO2. The third kappa shape index (κ3) is 7.18. The van der Waals surface area contributed by atoms with Crippen LogP contribution in [0.1, 0.15) is 63.4 Å². The fraction of sp³-hybridized carbons (Fsp3) is 0.565. The quantitative estimate of drug-likeness (QED) is 0.518. The number of hydrogen-bond donors (Lipinski definition) is 0. The van der Waals surface area contributed by atoms with Crippen LogP contribution in [0.2, 0.25) is 0 Å². The van der Waals surface area contributed by atoms with Crippen molar-refractivity contribution in [3.05, 3.63) is 23.8 Å². The van der Waals surface area contributed by atoms with E-state index in [1.807, 2.05) is 18.2 Å². The normalized spacial score (nSPS) is 17.6. The summed E-state index contributed by atoms with van der Waals surface area (Å²) in [6.07, 6.45) is 9.81. The average molecular weight is 368 g/mol. The van der Waals surface area contributed by atoms with E-state index in [1.165, 1.54) is 19.3 Å². The van der Waals surface area contributed by atoms with E-state index in [9.17, 15) is 0 Å². The molecule has 2 aliphatic heterocycles. The second-order valence-corrected chi connectivity index (χ2v) is 6.74. The highest BCUT2D eigenvalue weighted by Gasteiger charge is 2.12. The molecule has 27 heavy (non-hydrogen) atoms. The number of ether oxygens (including phenoxy) is 4. The van der Waals surface area contributed by atoms with Gasteiger partial charge in [0.05, 0.1) is 5.56 Å². The van der Waals surface area contributed by atoms with Gasteiger partial charge in [-0.15, -0.1) is 5.92 Å². The van der Waals surface area contributed by atoms with Gasteiger partial charge in [0.2, 0.25) is 6.79 Å². The molecule has 0 radical (unpaired) electrons. The molecule has 0 saturated carbocycles. The molecule has 144 valence electrons. The molecule has 2 heterocycles. The van der Waals surface area contributed by atoms with E-state index in [4.69, 9.17) is 18.9 Å². The van der Waals surface area contributed by atoms with Crippen molar-refractivity contribution in [2.75, 3.05) is 20.0 Å². The second-order valence-electron chi connectivity index (χ2n) is 6.74. The first-order chi connectivity index (χ1) is 13.4. The van der Waals surface area contributed by atoms with Crippen molar-refractivity contribution in [3.63, 3.8) is 0 Å². The Morgan fingerprint density at radius 2 is 1.85 bits per heavy atom. The lowest BCUT2D eigenvalue weighted by Gasteiger charge is -2.21. The smallest absolute Gasteiger partial charge is 0.230 e. The van der Waals surface area contributed by atoms with Crippen molar-refractivity contribution in [1.29, 1.82) is 0 Å². The van der Waals surface area contributed by atoms with Gasteiger partial charge >= 0.3 is 0 Å². The van der Waals surface area contributed by atoms with Crippen LogP contribution < -0.4 is 9.47 Å². The summed E-state index contributed by atoms with van der Waals surface area (Å²) >= 11 is 0. The zero-order chi connectivity index (χ0) is 18.6. The van der Waals surface area contributed by atoms with E-state index in [-0.39, 0.29) is 13.1 Å². The van der Waals surface area contributed by atoms with Crippen LogP contribution in [0.3, 0.4) is 0 Å². The van der Waals surface area contributed by atoms with Gasteiger partial charge in [-0.25, -0.2) is 0 Å². The number of rotatable bonds is 7. The summed E-state index contributed by atoms with van der Waals surface area (Å²) in [7, 11) is 0. The van der Waals surface area contributed by atoms with Crippen molar-refractivity contribution >= 4 is 0 Å². The van der Waals surface area contributed by atoms with Gasteiger partial charge in [-0.3, -0.25) is 0 Å². The van der Waals surface area contributed by atoms with E-state index >= 15 is 0 Å². The molecule has 1 aromatic carbocycles. The van der Waals surface area contributed by atoms with E-state index in [0.717, 1.165) is 62.2 Å². The molecule has 1 saturated heterocycles. The zero-order valence-electron chi connectivity index (χ0n) is 15.9. The van der Waals surface area contributed by atoms with Gasteiger partial charge < -0.3 is 18.9 Å². The van der Waals surface area contributed by atoms with E-state index in [2.05, 4.69) is 23.7 Å². The first-order valence-electron chi connectivity index (χ1n) is 9.99. The van der Waals surface area contributed by atoms with Crippen LogP contribution in [0.5, 0.6) is 11.5 Å². The molecule has 1 aromatic rings. The molecule has 2 aliphatic rings. The minimum Gasteiger partial charge on any atom is -0.457 e. The zero-order valence-corrected chi connectivity index (χ0v) is 15.9. The van der Waals surface area contributed by atoms with Gasteiger partial charge in [0.1, 0.15) is 18.1 Å². The maximum atomic E-state index is 5.59. The molecular weight excluding hydrogens is 340 g/mol. The largest absolute Gasteiger partial charge is 0.457 e. The lowest BCUT2D eigenvalue weighted by atomic mass is 10.1. The van der Waals surface area contributed by atoms with Crippen molar-refractivity contribution in [3.8, 4) is 35.2 Å². The number of benzene rings is 1. The van der Waals surface area contributed by atoms with Gasteiger partial charge in [0.15, 0.2) is 6.29 Å². The molecule has 4 nitrogen and oxygen atoms in total. The lowest BCUT2D eigenvalue weighted by molar-refractivity contribution is -0.154. The lowest BCUT2D eigenvalue weighted by Crippen LogP contribution is -2.22. The summed E-state index contributed by atoms with van der Waals surface area (Å²) in [6.45, 7) is 1.58. The van der Waals surface area contributed by atoms with Crippen molar-refractivity contribution in [1.82, 2.24) is 0 Å². The number of unbranched alkanes of at least 4 members (excludes halogenated alkanes) is 5. The standard InChI is InChI=1S/C23H28O4/c1(3-5-7-10-16-24-23-13-9-11-17-25-23)2-4-6-8-12-20-14-15-21-18-22(20)27-19-26-21/h14-15,18,23H,1-6,9,11,13,16-17,19H2. The van der Waals surface area contributed by atoms with Crippen molar-refractivity contribution in [2.45, 2.75) is 64.1 Å². The van der Waals surface area contributed by atoms with E-state index in [0.29, 0.717) is 6.61 Å². The summed E-state index contributed by atoms with van der Waals surface area (Å²) in [5.74, 6) is 14.4. The van der Waals surface area contributed by atoms with Crippen LogP contribution in [0.25, 0.3) is 0 Å². The third-order valence-electron chi connectivity index (χ3n) is 4.57. The number of fused-ring (bicyclic) bond motifs is 2. The predicted octanol–water partition coefficient (Wildman–Crippen LogP) is 4.65. The molecule has 1 fully saturated rings. The van der Waals surface area contributed by atoms with Gasteiger partial charge in [0, 0.05) is 25.5 Å². The monoisotopic (exact) mass is 368 g/mol. The summed E-state index contributed by atoms with van der Waals surface area (Å²) in [5.41, 5.74) is 0.943. The van der Waals surface area contributed by atoms with Crippen LogP contribution in [0, 0.1) is 23.7 Å². The second kappa shape index (κ2) is 11.5. The molecule has 0 N–H and O–H groups in total. The molecule has 2 bridgehead atoms. The summed E-state index contributed by atoms with van der Waals surface area (Å²) in [4.78, 5) is 0. The Kier molecular flexibility index (Phi) is 8.39. The molecule has 0 aromatic heterocycles. The molecule has 0 spiro atoms. The fourth-order valence-corrected chi connectivity index (χ4v) is 3.03. The Labute approximate surface area is 162 Å². The minimum atomic E-state index is -0.0362. The van der Waals surface area contributed by atoms with Crippen LogP contribution in [0.4, 0.5) is 0 Å². The summed E-state index contributed by atoms with van der Waals surface area (Å²) in [5, 5.41) is 0. The van der Waals surface area contributed by atoms with Gasteiger partial charge in [-0.05, 0) is 44.2 Å². The predicted molar refractivity (Wildman–Crippen MR) is 104 cm³/mol. The highest BCUT2D eigenvalue weighted by Crippen LogP contribution is 2.27. The Morgan fingerprint density at radius 3 is 2.70 bits per heavy atom. The first kappa shape index (κ1) is 19.6. The van der Waals surface area contributed by atoms with Crippen molar-refractivity contribution < 1.29 is 18.9 Å². The van der Waals surface area contributed by atoms with Crippen LogP contribution in [0.15, 0.2) is 18.2 Å². The number of hydrogen-bond acceptors (Lipinski definition) is 4. The van der Waals surface area contributed by atoms with Gasteiger partial charge in [-0.1, -0.05) is 30.6 Å². The van der Waals surface area contributed by atoms with Crippen molar-refractivity contribution in [2.24, 2.45) is 0 Å². The molecule has 0 amide bonds.